The summed E-state index contributed by atoms with van der Waals surface area (Å²) in [5.74, 6) is 0.762. The van der Waals surface area contributed by atoms with E-state index in [0.717, 1.165) is 16.3 Å². The van der Waals surface area contributed by atoms with Crippen LogP contribution in [0.15, 0.2) is 64.3 Å². The molecule has 0 aliphatic rings. The van der Waals surface area contributed by atoms with Crippen LogP contribution in [-0.2, 0) is 11.8 Å². The first-order chi connectivity index (χ1) is 13.0. The Morgan fingerprint density at radius 1 is 1.11 bits per heavy atom. The molecule has 1 amide bonds. The van der Waals surface area contributed by atoms with E-state index in [2.05, 4.69) is 5.32 Å². The molecule has 0 bridgehead atoms. The first kappa shape index (κ1) is 18.8. The third-order valence-corrected chi connectivity index (χ3v) is 5.26. The van der Waals surface area contributed by atoms with E-state index in [1.807, 2.05) is 61.5 Å². The second kappa shape index (κ2) is 8.18. The van der Waals surface area contributed by atoms with Crippen molar-refractivity contribution in [2.24, 2.45) is 7.05 Å². The number of nitrogens with zero attached hydrogens (tertiary/aromatic N) is 2. The molecule has 1 N–H and O–H groups in total. The van der Waals surface area contributed by atoms with Gasteiger partial charge in [-0.25, -0.2) is 4.68 Å². The van der Waals surface area contributed by atoms with Gasteiger partial charge in [0.2, 0.25) is 5.91 Å². The Hall–Kier alpha value is -2.93. The molecule has 2 aromatic carbocycles. The number of carbonyl (C=O) groups is 1. The third kappa shape index (κ3) is 4.09. The van der Waals surface area contributed by atoms with Crippen LogP contribution >= 0.6 is 11.8 Å². The van der Waals surface area contributed by atoms with E-state index < -0.39 is 0 Å². The standard InChI is InChI=1S/C20H21N3O3S/c1-14-19(20(25)23(22(14)2)15-7-5-4-6-8-15)21-18(24)13-27-17-11-9-16(26-3)10-12-17/h4-12H,13H2,1-3H3,(H,21,24). The van der Waals surface area contributed by atoms with Gasteiger partial charge in [-0.1, -0.05) is 18.2 Å². The smallest absolute Gasteiger partial charge is 0.295 e. The van der Waals surface area contributed by atoms with Crippen LogP contribution in [0, 0.1) is 6.92 Å². The number of benzene rings is 2. The number of methoxy groups -OCH3 is 1. The largest absolute Gasteiger partial charge is 0.497 e. The number of hydrogen-bond donors (Lipinski definition) is 1. The number of ether oxygens (including phenoxy) is 1. The van der Waals surface area contributed by atoms with Crippen LogP contribution < -0.4 is 15.6 Å². The Labute approximate surface area is 161 Å². The maximum absolute atomic E-state index is 12.8. The lowest BCUT2D eigenvalue weighted by atomic mass is 10.3. The van der Waals surface area contributed by atoms with Crippen LogP contribution in [0.3, 0.4) is 0 Å². The highest BCUT2D eigenvalue weighted by molar-refractivity contribution is 8.00. The minimum atomic E-state index is -0.246. The van der Waals surface area contributed by atoms with Crippen LogP contribution in [0.4, 0.5) is 5.69 Å². The first-order valence-electron chi connectivity index (χ1n) is 8.42. The molecule has 0 fully saturated rings. The number of aromatic nitrogens is 2. The van der Waals surface area contributed by atoms with Crippen LogP contribution in [0.2, 0.25) is 0 Å². The highest BCUT2D eigenvalue weighted by Gasteiger charge is 2.18. The Bertz CT molecular complexity index is 992. The summed E-state index contributed by atoms with van der Waals surface area (Å²) in [7, 11) is 3.41. The summed E-state index contributed by atoms with van der Waals surface area (Å²) in [4.78, 5) is 26.1. The van der Waals surface area contributed by atoms with Crippen molar-refractivity contribution in [3.63, 3.8) is 0 Å². The Morgan fingerprint density at radius 2 is 1.78 bits per heavy atom. The van der Waals surface area contributed by atoms with Crippen LogP contribution in [0.25, 0.3) is 5.69 Å². The summed E-state index contributed by atoms with van der Waals surface area (Å²) < 4.78 is 8.41. The normalized spacial score (nSPS) is 10.6. The van der Waals surface area contributed by atoms with Gasteiger partial charge in [0.05, 0.1) is 24.2 Å². The molecule has 0 aliphatic carbocycles. The van der Waals surface area contributed by atoms with Crippen molar-refractivity contribution in [3.05, 3.63) is 70.6 Å². The summed E-state index contributed by atoms with van der Waals surface area (Å²) >= 11 is 1.40. The van der Waals surface area contributed by atoms with E-state index in [-0.39, 0.29) is 17.2 Å². The second-order valence-corrected chi connectivity index (χ2v) is 7.00. The number of rotatable bonds is 6. The van der Waals surface area contributed by atoms with Gasteiger partial charge < -0.3 is 10.1 Å². The lowest BCUT2D eigenvalue weighted by Crippen LogP contribution is -2.23. The molecule has 3 aromatic rings. The van der Waals surface area contributed by atoms with Gasteiger partial charge >= 0.3 is 0 Å². The lowest BCUT2D eigenvalue weighted by molar-refractivity contribution is -0.113. The molecule has 0 aliphatic heterocycles. The van der Waals surface area contributed by atoms with Crippen molar-refractivity contribution in [2.45, 2.75) is 11.8 Å². The minimum absolute atomic E-state index is 0.214. The van der Waals surface area contributed by atoms with Gasteiger partial charge in [-0.2, -0.15) is 0 Å². The monoisotopic (exact) mass is 383 g/mol. The molecular formula is C20H21N3O3S. The number of anilines is 1. The average molecular weight is 383 g/mol. The molecule has 140 valence electrons. The summed E-state index contributed by atoms with van der Waals surface area (Å²) in [5.41, 5.74) is 1.51. The molecule has 3 rings (SSSR count). The van der Waals surface area contributed by atoms with E-state index in [0.29, 0.717) is 11.4 Å². The van der Waals surface area contributed by atoms with Gasteiger partial charge in [0.25, 0.3) is 5.56 Å². The third-order valence-electron chi connectivity index (χ3n) is 4.25. The lowest BCUT2D eigenvalue weighted by Gasteiger charge is -2.07. The zero-order chi connectivity index (χ0) is 19.4. The number of amides is 1. The summed E-state index contributed by atoms with van der Waals surface area (Å²) in [5, 5.41) is 2.76. The van der Waals surface area contributed by atoms with E-state index in [1.54, 1.807) is 23.5 Å². The fraction of sp³-hybridized carbons (Fsp3) is 0.200. The summed E-state index contributed by atoms with van der Waals surface area (Å²) in [6, 6.07) is 16.8. The fourth-order valence-corrected chi connectivity index (χ4v) is 3.41. The van der Waals surface area contributed by atoms with Crippen molar-refractivity contribution in [2.75, 3.05) is 18.2 Å². The van der Waals surface area contributed by atoms with Crippen LogP contribution in [0.5, 0.6) is 5.75 Å². The summed E-state index contributed by atoms with van der Waals surface area (Å²) in [6.07, 6.45) is 0. The average Bonchev–Trinajstić information content (AvgIpc) is 2.90. The molecule has 1 heterocycles. The minimum Gasteiger partial charge on any atom is -0.497 e. The quantitative estimate of drug-likeness (QED) is 0.664. The van der Waals surface area contributed by atoms with Crippen LogP contribution in [-0.4, -0.2) is 28.1 Å². The highest BCUT2D eigenvalue weighted by atomic mass is 32.2. The Balaban J connectivity index is 1.73. The molecule has 7 heteroatoms. The maximum Gasteiger partial charge on any atom is 0.295 e. The predicted octanol–water partition coefficient (Wildman–Crippen LogP) is 3.22. The Morgan fingerprint density at radius 3 is 2.41 bits per heavy atom. The van der Waals surface area contributed by atoms with Gasteiger partial charge in [0, 0.05) is 11.9 Å². The number of para-hydroxylation sites is 1. The maximum atomic E-state index is 12.8. The van der Waals surface area contributed by atoms with Gasteiger partial charge in [-0.3, -0.25) is 14.3 Å². The van der Waals surface area contributed by atoms with E-state index in [1.165, 1.54) is 11.8 Å². The number of nitrogens with one attached hydrogen (secondary N) is 1. The second-order valence-electron chi connectivity index (χ2n) is 5.95. The SMILES string of the molecule is COc1ccc(SCC(=O)Nc2c(C)n(C)n(-c3ccccc3)c2=O)cc1. The molecule has 0 atom stereocenters. The molecule has 0 spiro atoms. The van der Waals surface area contributed by atoms with Crippen molar-refractivity contribution in [1.82, 2.24) is 9.36 Å². The van der Waals surface area contributed by atoms with Gasteiger partial charge in [-0.05, 0) is 43.3 Å². The van der Waals surface area contributed by atoms with Crippen LogP contribution in [0.1, 0.15) is 5.69 Å². The van der Waals surface area contributed by atoms with E-state index >= 15 is 0 Å². The Kier molecular flexibility index (Phi) is 5.71. The predicted molar refractivity (Wildman–Crippen MR) is 108 cm³/mol. The highest BCUT2D eigenvalue weighted by Crippen LogP contribution is 2.21. The molecule has 0 unspecified atom stereocenters. The fourth-order valence-electron chi connectivity index (χ4n) is 2.71. The topological polar surface area (TPSA) is 65.3 Å². The van der Waals surface area contributed by atoms with Gasteiger partial charge in [0.15, 0.2) is 0 Å². The zero-order valence-corrected chi connectivity index (χ0v) is 16.2. The van der Waals surface area contributed by atoms with Crippen molar-refractivity contribution in [1.29, 1.82) is 0 Å². The molecule has 27 heavy (non-hydrogen) atoms. The molecule has 0 radical (unpaired) electrons. The van der Waals surface area contributed by atoms with E-state index in [9.17, 15) is 9.59 Å². The summed E-state index contributed by atoms with van der Waals surface area (Å²) in [6.45, 7) is 1.81. The molecular weight excluding hydrogens is 362 g/mol. The van der Waals surface area contributed by atoms with Gasteiger partial charge in [0.1, 0.15) is 11.4 Å². The van der Waals surface area contributed by atoms with E-state index in [4.69, 9.17) is 4.74 Å². The van der Waals surface area contributed by atoms with Crippen molar-refractivity contribution in [3.8, 4) is 11.4 Å². The van der Waals surface area contributed by atoms with Gasteiger partial charge in [-0.15, -0.1) is 11.8 Å². The van der Waals surface area contributed by atoms with Crippen molar-refractivity contribution < 1.29 is 9.53 Å². The number of carbonyl (C=O) groups excluding carboxylic acids is 1. The first-order valence-corrected chi connectivity index (χ1v) is 9.40. The molecule has 0 saturated carbocycles. The number of hydrogen-bond acceptors (Lipinski definition) is 4. The number of thioether (sulfide) groups is 1. The zero-order valence-electron chi connectivity index (χ0n) is 15.4. The van der Waals surface area contributed by atoms with Crippen molar-refractivity contribution >= 4 is 23.4 Å². The molecule has 0 saturated heterocycles. The molecule has 1 aromatic heterocycles. The molecule has 6 nitrogen and oxygen atoms in total.